The fraction of sp³-hybridized carbons (Fsp3) is 0.278. The zero-order valence-corrected chi connectivity index (χ0v) is 13.8. The van der Waals surface area contributed by atoms with Crippen molar-refractivity contribution in [2.45, 2.75) is 26.5 Å². The van der Waals surface area contributed by atoms with Gasteiger partial charge in [0.2, 0.25) is 0 Å². The molecule has 0 saturated carbocycles. The van der Waals surface area contributed by atoms with E-state index in [0.717, 1.165) is 11.1 Å². The van der Waals surface area contributed by atoms with E-state index in [1.165, 1.54) is 0 Å². The smallest absolute Gasteiger partial charge is 0.263 e. The molecule has 0 aliphatic rings. The topological polar surface area (TPSA) is 29.5 Å². The molecule has 0 radical (unpaired) electrons. The van der Waals surface area contributed by atoms with Crippen molar-refractivity contribution in [1.82, 2.24) is 4.90 Å². The minimum absolute atomic E-state index is 0.0588. The monoisotopic (exact) mass is 317 g/mol. The van der Waals surface area contributed by atoms with E-state index in [1.807, 2.05) is 43.3 Å². The van der Waals surface area contributed by atoms with Crippen LogP contribution in [0, 0.1) is 6.92 Å². The van der Waals surface area contributed by atoms with Crippen LogP contribution in [0.5, 0.6) is 5.75 Å². The van der Waals surface area contributed by atoms with Gasteiger partial charge in [-0.1, -0.05) is 41.9 Å². The van der Waals surface area contributed by atoms with Gasteiger partial charge in [0, 0.05) is 18.6 Å². The van der Waals surface area contributed by atoms with Gasteiger partial charge in [-0.15, -0.1) is 0 Å². The molecule has 0 unspecified atom stereocenters. The molecule has 0 saturated heterocycles. The molecule has 0 aliphatic heterocycles. The predicted octanol–water partition coefficient (Wildman–Crippen LogP) is 4.07. The van der Waals surface area contributed by atoms with Crippen molar-refractivity contribution < 1.29 is 9.53 Å². The lowest BCUT2D eigenvalue weighted by Crippen LogP contribution is -2.37. The highest BCUT2D eigenvalue weighted by molar-refractivity contribution is 6.31. The highest BCUT2D eigenvalue weighted by Gasteiger charge is 2.19. The molecule has 0 bridgehead atoms. The first-order valence-electron chi connectivity index (χ1n) is 7.19. The molecule has 0 aromatic heterocycles. The molecule has 1 amide bonds. The molecular formula is C18H20ClNO2. The van der Waals surface area contributed by atoms with Crippen molar-refractivity contribution >= 4 is 17.5 Å². The molecule has 0 heterocycles. The molecule has 4 heteroatoms. The van der Waals surface area contributed by atoms with Crippen LogP contribution >= 0.6 is 11.6 Å². The number of hydrogen-bond donors (Lipinski definition) is 0. The Hall–Kier alpha value is -2.00. The molecule has 1 atom stereocenters. The molecule has 0 spiro atoms. The van der Waals surface area contributed by atoms with Gasteiger partial charge < -0.3 is 9.64 Å². The van der Waals surface area contributed by atoms with E-state index in [9.17, 15) is 4.79 Å². The van der Waals surface area contributed by atoms with Crippen LogP contribution in [0.3, 0.4) is 0 Å². The fourth-order valence-corrected chi connectivity index (χ4v) is 2.31. The van der Waals surface area contributed by atoms with Gasteiger partial charge in [-0.2, -0.15) is 0 Å². The number of rotatable bonds is 5. The first-order valence-corrected chi connectivity index (χ1v) is 7.57. The summed E-state index contributed by atoms with van der Waals surface area (Å²) in [6.45, 7) is 4.23. The molecular weight excluding hydrogens is 298 g/mol. The third-order valence-corrected chi connectivity index (χ3v) is 3.85. The minimum atomic E-state index is -0.547. The number of likely N-dealkylation sites (N-methyl/N-ethyl adjacent to an activating group) is 1. The van der Waals surface area contributed by atoms with E-state index in [2.05, 4.69) is 0 Å². The average Bonchev–Trinajstić information content (AvgIpc) is 2.51. The van der Waals surface area contributed by atoms with Gasteiger partial charge >= 0.3 is 0 Å². The first kappa shape index (κ1) is 16.4. The molecule has 0 fully saturated rings. The Morgan fingerprint density at radius 1 is 1.23 bits per heavy atom. The second-order valence-corrected chi connectivity index (χ2v) is 5.76. The molecule has 2 aromatic carbocycles. The summed E-state index contributed by atoms with van der Waals surface area (Å²) in [7, 11) is 1.78. The highest BCUT2D eigenvalue weighted by atomic mass is 35.5. The first-order chi connectivity index (χ1) is 10.5. The van der Waals surface area contributed by atoms with Gasteiger partial charge in [0.15, 0.2) is 6.10 Å². The number of benzene rings is 2. The summed E-state index contributed by atoms with van der Waals surface area (Å²) in [6, 6.07) is 15.3. The van der Waals surface area contributed by atoms with E-state index < -0.39 is 6.10 Å². The summed E-state index contributed by atoms with van der Waals surface area (Å²) in [5.74, 6) is 0.590. The van der Waals surface area contributed by atoms with Crippen molar-refractivity contribution in [3.8, 4) is 5.75 Å². The summed E-state index contributed by atoms with van der Waals surface area (Å²) in [4.78, 5) is 14.0. The van der Waals surface area contributed by atoms with Crippen molar-refractivity contribution in [1.29, 1.82) is 0 Å². The van der Waals surface area contributed by atoms with E-state index in [1.54, 1.807) is 31.0 Å². The number of aryl methyl sites for hydroxylation is 1. The molecule has 0 aliphatic carbocycles. The molecule has 22 heavy (non-hydrogen) atoms. The standard InChI is InChI=1S/C18H20ClNO2/c1-13-11-16(9-10-17(13)19)22-14(2)18(21)20(3)12-15-7-5-4-6-8-15/h4-11,14H,12H2,1-3H3/t14-/m0/s1. The van der Waals surface area contributed by atoms with Gasteiger partial charge in [-0.25, -0.2) is 0 Å². The number of nitrogens with zero attached hydrogens (tertiary/aromatic N) is 1. The minimum Gasteiger partial charge on any atom is -0.481 e. The lowest BCUT2D eigenvalue weighted by molar-refractivity contribution is -0.137. The Balaban J connectivity index is 1.97. The van der Waals surface area contributed by atoms with Crippen molar-refractivity contribution in [2.75, 3.05) is 7.05 Å². The second kappa shape index (κ2) is 7.32. The summed E-state index contributed by atoms with van der Waals surface area (Å²) >= 11 is 5.99. The van der Waals surface area contributed by atoms with Gasteiger partial charge in [0.25, 0.3) is 5.91 Å². The average molecular weight is 318 g/mol. The number of carbonyl (C=O) groups is 1. The van der Waals surface area contributed by atoms with Crippen molar-refractivity contribution in [2.24, 2.45) is 0 Å². The molecule has 3 nitrogen and oxygen atoms in total. The number of hydrogen-bond acceptors (Lipinski definition) is 2. The van der Waals surface area contributed by atoms with Crippen LogP contribution in [0.2, 0.25) is 5.02 Å². The maximum absolute atomic E-state index is 12.4. The van der Waals surface area contributed by atoms with Crippen molar-refractivity contribution in [3.05, 3.63) is 64.7 Å². The summed E-state index contributed by atoms with van der Waals surface area (Å²) < 4.78 is 5.72. The van der Waals surface area contributed by atoms with Crippen LogP contribution in [0.4, 0.5) is 0 Å². The Morgan fingerprint density at radius 3 is 2.55 bits per heavy atom. The Labute approximate surface area is 136 Å². The van der Waals surface area contributed by atoms with E-state index in [4.69, 9.17) is 16.3 Å². The van der Waals surface area contributed by atoms with Gasteiger partial charge in [0.05, 0.1) is 0 Å². The summed E-state index contributed by atoms with van der Waals surface area (Å²) in [5, 5.41) is 0.688. The number of halogens is 1. The van der Waals surface area contributed by atoms with Crippen LogP contribution in [0.25, 0.3) is 0 Å². The largest absolute Gasteiger partial charge is 0.481 e. The van der Waals surface area contributed by atoms with Crippen LogP contribution in [0.1, 0.15) is 18.1 Å². The fourth-order valence-electron chi connectivity index (χ4n) is 2.19. The number of amides is 1. The number of ether oxygens (including phenoxy) is 1. The maximum Gasteiger partial charge on any atom is 0.263 e. The summed E-state index contributed by atoms with van der Waals surface area (Å²) in [6.07, 6.45) is -0.547. The Morgan fingerprint density at radius 2 is 1.91 bits per heavy atom. The molecule has 0 N–H and O–H groups in total. The van der Waals surface area contributed by atoms with Gasteiger partial charge in [0.1, 0.15) is 5.75 Å². The maximum atomic E-state index is 12.4. The zero-order chi connectivity index (χ0) is 16.1. The lowest BCUT2D eigenvalue weighted by atomic mass is 10.2. The van der Waals surface area contributed by atoms with Crippen LogP contribution in [-0.2, 0) is 11.3 Å². The van der Waals surface area contributed by atoms with Crippen LogP contribution < -0.4 is 4.74 Å². The van der Waals surface area contributed by atoms with Crippen molar-refractivity contribution in [3.63, 3.8) is 0 Å². The van der Waals surface area contributed by atoms with Crippen LogP contribution in [0.15, 0.2) is 48.5 Å². The third-order valence-electron chi connectivity index (χ3n) is 3.43. The highest BCUT2D eigenvalue weighted by Crippen LogP contribution is 2.22. The molecule has 116 valence electrons. The zero-order valence-electron chi connectivity index (χ0n) is 13.0. The SMILES string of the molecule is Cc1cc(O[C@@H](C)C(=O)N(C)Cc2ccccc2)ccc1Cl. The Bertz CT molecular complexity index is 643. The third kappa shape index (κ3) is 4.25. The Kier molecular flexibility index (Phi) is 5.45. The van der Waals surface area contributed by atoms with Gasteiger partial charge in [-0.05, 0) is 43.2 Å². The quantitative estimate of drug-likeness (QED) is 0.831. The molecule has 2 aromatic rings. The molecule has 2 rings (SSSR count). The van der Waals surface area contributed by atoms with E-state index in [0.29, 0.717) is 17.3 Å². The predicted molar refractivity (Wildman–Crippen MR) is 89.2 cm³/mol. The van der Waals surface area contributed by atoms with E-state index >= 15 is 0 Å². The van der Waals surface area contributed by atoms with E-state index in [-0.39, 0.29) is 5.91 Å². The normalized spacial score (nSPS) is 11.8. The number of carbonyl (C=O) groups excluding carboxylic acids is 1. The van der Waals surface area contributed by atoms with Crippen LogP contribution in [-0.4, -0.2) is 24.0 Å². The van der Waals surface area contributed by atoms with Gasteiger partial charge in [-0.3, -0.25) is 4.79 Å². The second-order valence-electron chi connectivity index (χ2n) is 5.35. The lowest BCUT2D eigenvalue weighted by Gasteiger charge is -2.22. The summed E-state index contributed by atoms with van der Waals surface area (Å²) in [5.41, 5.74) is 2.02.